The molecule has 0 spiro atoms. The summed E-state index contributed by atoms with van der Waals surface area (Å²) in [6, 6.07) is 16.8. The zero-order valence-corrected chi connectivity index (χ0v) is 21.4. The number of rotatable bonds is 7. The van der Waals surface area contributed by atoms with E-state index in [-0.39, 0.29) is 23.0 Å². The lowest BCUT2D eigenvalue weighted by Crippen LogP contribution is -2.29. The summed E-state index contributed by atoms with van der Waals surface area (Å²) in [6.45, 7) is 3.81. The molecule has 1 atom stereocenters. The Hall–Kier alpha value is -4.33. The Bertz CT molecular complexity index is 1350. The fourth-order valence-electron chi connectivity index (χ4n) is 4.34. The number of anilines is 2. The second-order valence-electron chi connectivity index (χ2n) is 9.16. The highest BCUT2D eigenvalue weighted by Gasteiger charge is 2.47. The third-order valence-electron chi connectivity index (χ3n) is 6.07. The molecule has 0 aromatic heterocycles. The number of ketones is 1. The maximum absolute atomic E-state index is 14.1. The summed E-state index contributed by atoms with van der Waals surface area (Å²) >= 11 is 0. The van der Waals surface area contributed by atoms with E-state index >= 15 is 0 Å². The van der Waals surface area contributed by atoms with E-state index < -0.39 is 29.3 Å². The molecule has 1 saturated heterocycles. The van der Waals surface area contributed by atoms with Crippen LogP contribution in [0.25, 0.3) is 5.76 Å². The predicted molar refractivity (Wildman–Crippen MR) is 141 cm³/mol. The number of carbonyl (C=O) groups excluding carboxylic acids is 2. The molecule has 7 nitrogen and oxygen atoms in total. The Morgan fingerprint density at radius 2 is 1.65 bits per heavy atom. The van der Waals surface area contributed by atoms with Gasteiger partial charge in [-0.1, -0.05) is 12.1 Å². The standard InChI is InChI=1S/C29H29FN2O5/c1-17(2)37-22-13-11-21(12-14-22)32-26(18-6-9-20(10-7-18)31(3)4)25(28(34)29(32)35)27(33)23-16-19(30)8-15-24(23)36-5/h6-17,26,33H,1-5H3/b27-25+. The van der Waals surface area contributed by atoms with Crippen molar-refractivity contribution in [1.82, 2.24) is 0 Å². The van der Waals surface area contributed by atoms with Gasteiger partial charge in [0.2, 0.25) is 0 Å². The van der Waals surface area contributed by atoms with Crippen LogP contribution < -0.4 is 19.3 Å². The van der Waals surface area contributed by atoms with Crippen molar-refractivity contribution in [2.75, 3.05) is 31.0 Å². The van der Waals surface area contributed by atoms with E-state index in [1.165, 1.54) is 24.1 Å². The van der Waals surface area contributed by atoms with Crippen molar-refractivity contribution in [3.05, 3.63) is 89.2 Å². The van der Waals surface area contributed by atoms with Crippen molar-refractivity contribution in [1.29, 1.82) is 0 Å². The molecule has 192 valence electrons. The summed E-state index contributed by atoms with van der Waals surface area (Å²) < 4.78 is 25.1. The van der Waals surface area contributed by atoms with E-state index in [1.807, 2.05) is 45.0 Å². The first-order valence-corrected chi connectivity index (χ1v) is 11.8. The molecule has 0 radical (unpaired) electrons. The second kappa shape index (κ2) is 10.3. The van der Waals surface area contributed by atoms with Gasteiger partial charge in [0, 0.05) is 25.5 Å². The molecule has 1 fully saturated rings. The van der Waals surface area contributed by atoms with Crippen LogP contribution in [0.1, 0.15) is 31.0 Å². The van der Waals surface area contributed by atoms with Crippen LogP contribution in [0, 0.1) is 5.82 Å². The first kappa shape index (κ1) is 25.8. The SMILES string of the molecule is COc1ccc(F)cc1/C(O)=C1\C(=O)C(=O)N(c2ccc(OC(C)C)cc2)C1c1ccc(N(C)C)cc1. The van der Waals surface area contributed by atoms with Gasteiger partial charge in [-0.05, 0) is 74.0 Å². The molecule has 4 rings (SSSR count). The molecule has 1 unspecified atom stereocenters. The Morgan fingerprint density at radius 1 is 1.00 bits per heavy atom. The van der Waals surface area contributed by atoms with Gasteiger partial charge in [0.1, 0.15) is 23.1 Å². The summed E-state index contributed by atoms with van der Waals surface area (Å²) in [5.41, 5.74) is 1.79. The minimum absolute atomic E-state index is 0.0175. The number of Topliss-reactive ketones (excluding diaryl/α,β-unsaturated/α-hetero) is 1. The molecule has 37 heavy (non-hydrogen) atoms. The molecular formula is C29H29FN2O5. The normalized spacial score (nSPS) is 16.8. The fraction of sp³-hybridized carbons (Fsp3) is 0.241. The number of benzene rings is 3. The first-order chi connectivity index (χ1) is 17.6. The number of ether oxygens (including phenoxy) is 2. The van der Waals surface area contributed by atoms with Crippen molar-refractivity contribution in [3.8, 4) is 11.5 Å². The Labute approximate surface area is 215 Å². The van der Waals surface area contributed by atoms with Crippen molar-refractivity contribution < 1.29 is 28.6 Å². The van der Waals surface area contributed by atoms with E-state index in [4.69, 9.17) is 9.47 Å². The van der Waals surface area contributed by atoms with Gasteiger partial charge in [-0.25, -0.2) is 4.39 Å². The number of amides is 1. The zero-order valence-electron chi connectivity index (χ0n) is 21.4. The van der Waals surface area contributed by atoms with E-state index in [0.29, 0.717) is 17.0 Å². The number of methoxy groups -OCH3 is 1. The highest BCUT2D eigenvalue weighted by atomic mass is 19.1. The topological polar surface area (TPSA) is 79.3 Å². The molecule has 0 bridgehead atoms. The van der Waals surface area contributed by atoms with Gasteiger partial charge in [-0.3, -0.25) is 14.5 Å². The second-order valence-corrected chi connectivity index (χ2v) is 9.16. The van der Waals surface area contributed by atoms with E-state index in [0.717, 1.165) is 11.8 Å². The molecule has 1 aliphatic heterocycles. The lowest BCUT2D eigenvalue weighted by atomic mass is 9.94. The maximum atomic E-state index is 14.1. The fourth-order valence-corrected chi connectivity index (χ4v) is 4.34. The molecule has 1 aliphatic rings. The van der Waals surface area contributed by atoms with Crippen LogP contribution in [-0.2, 0) is 9.59 Å². The number of aliphatic hydroxyl groups is 1. The van der Waals surface area contributed by atoms with Crippen molar-refractivity contribution in [2.45, 2.75) is 26.0 Å². The Kier molecular flexibility index (Phi) is 7.20. The smallest absolute Gasteiger partial charge is 0.300 e. The third-order valence-corrected chi connectivity index (χ3v) is 6.07. The molecule has 3 aromatic rings. The molecule has 1 amide bonds. The van der Waals surface area contributed by atoms with Gasteiger partial charge in [0.05, 0.1) is 30.4 Å². The number of nitrogens with zero attached hydrogens (tertiary/aromatic N) is 2. The number of hydrogen-bond donors (Lipinski definition) is 1. The van der Waals surface area contributed by atoms with Gasteiger partial charge in [0.15, 0.2) is 0 Å². The molecular weight excluding hydrogens is 475 g/mol. The molecule has 0 aliphatic carbocycles. The van der Waals surface area contributed by atoms with E-state index in [2.05, 4.69) is 0 Å². The van der Waals surface area contributed by atoms with Gasteiger partial charge in [0.25, 0.3) is 11.7 Å². The first-order valence-electron chi connectivity index (χ1n) is 11.8. The third kappa shape index (κ3) is 5.00. The van der Waals surface area contributed by atoms with Gasteiger partial charge in [-0.15, -0.1) is 0 Å². The number of hydrogen-bond acceptors (Lipinski definition) is 6. The van der Waals surface area contributed by atoms with Crippen molar-refractivity contribution >= 4 is 28.8 Å². The minimum Gasteiger partial charge on any atom is -0.507 e. The van der Waals surface area contributed by atoms with Crippen LogP contribution in [0.15, 0.2) is 72.3 Å². The maximum Gasteiger partial charge on any atom is 0.300 e. The summed E-state index contributed by atoms with van der Waals surface area (Å²) in [5, 5.41) is 11.3. The molecule has 8 heteroatoms. The summed E-state index contributed by atoms with van der Waals surface area (Å²) in [4.78, 5) is 30.0. The average molecular weight is 505 g/mol. The number of carbonyl (C=O) groups is 2. The molecule has 1 N–H and O–H groups in total. The van der Waals surface area contributed by atoms with Crippen LogP contribution in [0.2, 0.25) is 0 Å². The lowest BCUT2D eigenvalue weighted by Gasteiger charge is -2.26. The minimum atomic E-state index is -0.957. The van der Waals surface area contributed by atoms with E-state index in [9.17, 15) is 19.1 Å². The molecule has 3 aromatic carbocycles. The average Bonchev–Trinajstić information content (AvgIpc) is 3.14. The van der Waals surface area contributed by atoms with Gasteiger partial charge < -0.3 is 19.5 Å². The van der Waals surface area contributed by atoms with Crippen molar-refractivity contribution in [2.24, 2.45) is 0 Å². The van der Waals surface area contributed by atoms with Crippen LogP contribution in [-0.4, -0.2) is 44.1 Å². The summed E-state index contributed by atoms with van der Waals surface area (Å²) in [7, 11) is 5.18. The van der Waals surface area contributed by atoms with Crippen LogP contribution in [0.3, 0.4) is 0 Å². The number of aliphatic hydroxyl groups excluding tert-OH is 1. The Morgan fingerprint density at radius 3 is 2.22 bits per heavy atom. The van der Waals surface area contributed by atoms with Crippen LogP contribution in [0.5, 0.6) is 11.5 Å². The zero-order chi connectivity index (χ0) is 26.9. The van der Waals surface area contributed by atoms with Gasteiger partial charge in [-0.2, -0.15) is 0 Å². The quantitative estimate of drug-likeness (QED) is 0.267. The Balaban J connectivity index is 1.91. The van der Waals surface area contributed by atoms with Gasteiger partial charge >= 0.3 is 0 Å². The summed E-state index contributed by atoms with van der Waals surface area (Å²) in [5.74, 6) is -2.04. The number of halogens is 1. The highest BCUT2D eigenvalue weighted by molar-refractivity contribution is 6.51. The lowest BCUT2D eigenvalue weighted by molar-refractivity contribution is -0.132. The highest BCUT2D eigenvalue weighted by Crippen LogP contribution is 2.44. The largest absolute Gasteiger partial charge is 0.507 e. The van der Waals surface area contributed by atoms with E-state index in [1.54, 1.807) is 36.4 Å². The molecule has 1 heterocycles. The molecule has 0 saturated carbocycles. The predicted octanol–water partition coefficient (Wildman–Crippen LogP) is 5.31. The van der Waals surface area contributed by atoms with Crippen molar-refractivity contribution in [3.63, 3.8) is 0 Å². The van der Waals surface area contributed by atoms with Crippen LogP contribution >= 0.6 is 0 Å². The summed E-state index contributed by atoms with van der Waals surface area (Å²) in [6.07, 6.45) is -0.0310. The monoisotopic (exact) mass is 504 g/mol. The van der Waals surface area contributed by atoms with Crippen LogP contribution in [0.4, 0.5) is 15.8 Å².